The highest BCUT2D eigenvalue weighted by atomic mass is 32.2. The SMILES string of the molecule is CC(C)(C)NC(=O)[C@H]1N(C(=O)[C@@H](O)[C@H](Cc2ccccc2)NC[C@H](CC(N)=O)NC(=O)COc2cccc(Nc3ccccc3)c2)CSC1(C)C. The standard InChI is InChI=1S/C38H50N6O6S/c1-37(2,3)43-35(48)34-38(4,5)51-24-44(34)36(49)33(47)30(19-25-13-8-6-9-14-25)40-22-28(21-31(39)45)42-32(46)23-50-29-18-12-17-27(20-29)41-26-15-10-7-11-16-26/h6-18,20,28,30,33-34,40-41,47H,19,21-24H2,1-5H3,(H2,39,45)(H,42,46)(H,43,48)/t28-,30-,33-,34+/m0/s1. The molecule has 1 fully saturated rings. The lowest BCUT2D eigenvalue weighted by Crippen LogP contribution is -2.60. The summed E-state index contributed by atoms with van der Waals surface area (Å²) >= 11 is 1.47. The largest absolute Gasteiger partial charge is 0.484 e. The molecule has 0 spiro atoms. The summed E-state index contributed by atoms with van der Waals surface area (Å²) in [7, 11) is 0. The van der Waals surface area contributed by atoms with Crippen LogP contribution in [0.5, 0.6) is 5.75 Å². The van der Waals surface area contributed by atoms with Crippen LogP contribution in [0.25, 0.3) is 0 Å². The summed E-state index contributed by atoms with van der Waals surface area (Å²) in [5.74, 6) is -1.31. The first-order valence-corrected chi connectivity index (χ1v) is 17.9. The molecule has 3 aromatic carbocycles. The topological polar surface area (TPSA) is 175 Å². The van der Waals surface area contributed by atoms with Gasteiger partial charge in [-0.05, 0) is 70.9 Å². The first-order chi connectivity index (χ1) is 24.1. The second-order valence-corrected chi connectivity index (χ2v) is 15.8. The molecule has 51 heavy (non-hydrogen) atoms. The summed E-state index contributed by atoms with van der Waals surface area (Å²) in [6, 6.07) is 23.8. The van der Waals surface area contributed by atoms with Gasteiger partial charge >= 0.3 is 0 Å². The number of ether oxygens (including phenoxy) is 1. The van der Waals surface area contributed by atoms with Crippen molar-refractivity contribution >= 4 is 46.8 Å². The van der Waals surface area contributed by atoms with Gasteiger partial charge in [-0.15, -0.1) is 11.8 Å². The number of rotatable bonds is 16. The Morgan fingerprint density at radius 3 is 2.27 bits per heavy atom. The van der Waals surface area contributed by atoms with Crippen molar-refractivity contribution in [2.45, 2.75) is 82.0 Å². The maximum atomic E-state index is 14.0. The van der Waals surface area contributed by atoms with E-state index in [4.69, 9.17) is 10.5 Å². The molecule has 0 unspecified atom stereocenters. The molecule has 12 nitrogen and oxygen atoms in total. The third-order valence-electron chi connectivity index (χ3n) is 8.21. The van der Waals surface area contributed by atoms with Gasteiger partial charge in [-0.3, -0.25) is 19.2 Å². The monoisotopic (exact) mass is 718 g/mol. The highest BCUT2D eigenvalue weighted by molar-refractivity contribution is 8.00. The second kappa shape index (κ2) is 17.6. The Kier molecular flexibility index (Phi) is 13.5. The molecule has 0 bridgehead atoms. The van der Waals surface area contributed by atoms with Crippen LogP contribution in [0, 0.1) is 0 Å². The minimum absolute atomic E-state index is 0.0151. The predicted octanol–water partition coefficient (Wildman–Crippen LogP) is 3.33. The quantitative estimate of drug-likeness (QED) is 0.130. The molecule has 274 valence electrons. The Hall–Kier alpha value is -4.59. The summed E-state index contributed by atoms with van der Waals surface area (Å²) < 4.78 is 5.15. The van der Waals surface area contributed by atoms with E-state index in [1.807, 2.05) is 101 Å². The third-order valence-corrected chi connectivity index (χ3v) is 9.59. The molecule has 4 amide bonds. The number of primary amides is 1. The number of carbonyl (C=O) groups is 4. The summed E-state index contributed by atoms with van der Waals surface area (Å²) in [5, 5.41) is 23.9. The maximum absolute atomic E-state index is 14.0. The van der Waals surface area contributed by atoms with E-state index in [0.717, 1.165) is 16.9 Å². The predicted molar refractivity (Wildman–Crippen MR) is 200 cm³/mol. The van der Waals surface area contributed by atoms with Crippen LogP contribution < -0.4 is 31.7 Å². The van der Waals surface area contributed by atoms with E-state index in [2.05, 4.69) is 21.3 Å². The van der Waals surface area contributed by atoms with E-state index in [1.165, 1.54) is 16.7 Å². The van der Waals surface area contributed by atoms with Crippen molar-refractivity contribution < 1.29 is 29.0 Å². The molecule has 0 radical (unpaired) electrons. The number of hydrogen-bond donors (Lipinski definition) is 6. The lowest BCUT2D eigenvalue weighted by atomic mass is 9.96. The Morgan fingerprint density at radius 2 is 1.63 bits per heavy atom. The number of nitrogens with two attached hydrogens (primary N) is 1. The molecule has 1 saturated heterocycles. The fraction of sp³-hybridized carbons (Fsp3) is 0.421. The molecule has 0 aliphatic carbocycles. The number of hydrogen-bond acceptors (Lipinski definition) is 9. The van der Waals surface area contributed by atoms with Crippen LogP contribution in [0.1, 0.15) is 46.6 Å². The van der Waals surface area contributed by atoms with Gasteiger partial charge in [-0.25, -0.2) is 0 Å². The number of thioether (sulfide) groups is 1. The number of amides is 4. The number of nitrogens with zero attached hydrogens (tertiary/aromatic N) is 1. The first-order valence-electron chi connectivity index (χ1n) is 17.0. The molecular weight excluding hydrogens is 669 g/mol. The van der Waals surface area contributed by atoms with Crippen molar-refractivity contribution in [2.24, 2.45) is 5.73 Å². The minimum Gasteiger partial charge on any atom is -0.484 e. The summed E-state index contributed by atoms with van der Waals surface area (Å²) in [4.78, 5) is 53.9. The number of aliphatic hydroxyl groups excluding tert-OH is 1. The van der Waals surface area contributed by atoms with Crippen molar-refractivity contribution in [3.8, 4) is 5.75 Å². The lowest BCUT2D eigenvalue weighted by molar-refractivity contribution is -0.147. The zero-order valence-electron chi connectivity index (χ0n) is 29.8. The van der Waals surface area contributed by atoms with Crippen molar-refractivity contribution in [1.82, 2.24) is 20.9 Å². The van der Waals surface area contributed by atoms with Crippen LogP contribution in [-0.2, 0) is 25.6 Å². The molecule has 4 atom stereocenters. The zero-order valence-corrected chi connectivity index (χ0v) is 30.7. The highest BCUT2D eigenvalue weighted by Crippen LogP contribution is 2.40. The van der Waals surface area contributed by atoms with E-state index >= 15 is 0 Å². The van der Waals surface area contributed by atoms with E-state index in [0.29, 0.717) is 5.75 Å². The van der Waals surface area contributed by atoms with E-state index in [1.54, 1.807) is 18.2 Å². The Balaban J connectivity index is 1.43. The van der Waals surface area contributed by atoms with Gasteiger partial charge in [0.15, 0.2) is 6.61 Å². The van der Waals surface area contributed by atoms with Gasteiger partial charge in [0.05, 0.1) is 11.9 Å². The average Bonchev–Trinajstić information content (AvgIpc) is 3.39. The Morgan fingerprint density at radius 1 is 0.980 bits per heavy atom. The highest BCUT2D eigenvalue weighted by Gasteiger charge is 2.50. The van der Waals surface area contributed by atoms with Gasteiger partial charge < -0.3 is 41.7 Å². The summed E-state index contributed by atoms with van der Waals surface area (Å²) in [6.45, 7) is 9.12. The number of para-hydroxylation sites is 1. The molecule has 1 aliphatic heterocycles. The van der Waals surface area contributed by atoms with Gasteiger partial charge in [-0.1, -0.05) is 54.6 Å². The Bertz CT molecular complexity index is 1630. The summed E-state index contributed by atoms with van der Waals surface area (Å²) in [5.41, 5.74) is 7.57. The van der Waals surface area contributed by atoms with E-state index in [-0.39, 0.29) is 37.8 Å². The van der Waals surface area contributed by atoms with Gasteiger partial charge in [0, 0.05) is 46.7 Å². The number of nitrogens with one attached hydrogen (secondary N) is 4. The molecule has 3 aromatic rings. The van der Waals surface area contributed by atoms with Gasteiger partial charge in [0.1, 0.15) is 17.9 Å². The molecule has 4 rings (SSSR count). The molecule has 1 heterocycles. The average molecular weight is 719 g/mol. The number of anilines is 2. The number of carbonyl (C=O) groups excluding carboxylic acids is 4. The second-order valence-electron chi connectivity index (χ2n) is 14.2. The first kappa shape index (κ1) is 39.2. The smallest absolute Gasteiger partial charge is 0.258 e. The summed E-state index contributed by atoms with van der Waals surface area (Å²) in [6.07, 6.45) is -1.48. The number of aliphatic hydroxyl groups is 1. The van der Waals surface area contributed by atoms with Gasteiger partial charge in [0.2, 0.25) is 11.8 Å². The third kappa shape index (κ3) is 12.0. The molecular formula is C38H50N6O6S. The molecule has 0 aromatic heterocycles. The number of benzene rings is 3. The van der Waals surface area contributed by atoms with Crippen molar-refractivity contribution in [2.75, 3.05) is 24.3 Å². The molecule has 0 saturated carbocycles. The maximum Gasteiger partial charge on any atom is 0.258 e. The van der Waals surface area contributed by atoms with Crippen LogP contribution in [0.4, 0.5) is 11.4 Å². The van der Waals surface area contributed by atoms with Crippen LogP contribution in [0.3, 0.4) is 0 Å². The molecule has 7 N–H and O–H groups in total. The molecule has 1 aliphatic rings. The van der Waals surface area contributed by atoms with Crippen LogP contribution in [0.15, 0.2) is 84.9 Å². The van der Waals surface area contributed by atoms with Crippen LogP contribution in [0.2, 0.25) is 0 Å². The van der Waals surface area contributed by atoms with Crippen LogP contribution in [-0.4, -0.2) is 87.2 Å². The fourth-order valence-corrected chi connectivity index (χ4v) is 6.98. The van der Waals surface area contributed by atoms with Crippen molar-refractivity contribution in [1.29, 1.82) is 0 Å². The van der Waals surface area contributed by atoms with Crippen LogP contribution >= 0.6 is 11.8 Å². The van der Waals surface area contributed by atoms with Gasteiger partial charge in [0.25, 0.3) is 11.8 Å². The fourth-order valence-electron chi connectivity index (χ4n) is 5.84. The minimum atomic E-state index is -1.55. The van der Waals surface area contributed by atoms with Crippen molar-refractivity contribution in [3.63, 3.8) is 0 Å². The van der Waals surface area contributed by atoms with Gasteiger partial charge in [-0.2, -0.15) is 0 Å². The van der Waals surface area contributed by atoms with Crippen molar-refractivity contribution in [3.05, 3.63) is 90.5 Å². The molecule has 13 heteroatoms. The van der Waals surface area contributed by atoms with E-state index in [9.17, 15) is 24.3 Å². The zero-order chi connectivity index (χ0) is 37.2. The lowest BCUT2D eigenvalue weighted by Gasteiger charge is -2.35. The Labute approximate surface area is 304 Å². The van der Waals surface area contributed by atoms with E-state index < -0.39 is 52.2 Å². The normalized spacial score (nSPS) is 17.1.